The maximum Gasteiger partial charge on any atom is 0.279 e. The van der Waals surface area contributed by atoms with Crippen molar-refractivity contribution < 1.29 is 14.5 Å². The van der Waals surface area contributed by atoms with E-state index in [4.69, 9.17) is 23.2 Å². The van der Waals surface area contributed by atoms with Gasteiger partial charge in [-0.1, -0.05) is 30.1 Å². The number of benzene rings is 1. The van der Waals surface area contributed by atoms with Crippen LogP contribution in [-0.2, 0) is 9.59 Å². The van der Waals surface area contributed by atoms with Gasteiger partial charge < -0.3 is 15.1 Å². The second-order valence-electron chi connectivity index (χ2n) is 6.57. The fraction of sp³-hybridized carbons (Fsp3) is 0.529. The molecule has 1 unspecified atom stereocenters. The van der Waals surface area contributed by atoms with Gasteiger partial charge in [0.15, 0.2) is 13.1 Å². The highest BCUT2D eigenvalue weighted by Gasteiger charge is 2.24. The van der Waals surface area contributed by atoms with Crippen LogP contribution in [0.1, 0.15) is 19.8 Å². The Labute approximate surface area is 152 Å². The summed E-state index contributed by atoms with van der Waals surface area (Å²) in [6.45, 7) is 4.35. The van der Waals surface area contributed by atoms with E-state index in [1.165, 1.54) is 6.42 Å². The number of likely N-dealkylation sites (tertiary alicyclic amines) is 1. The highest BCUT2D eigenvalue weighted by atomic mass is 35.5. The summed E-state index contributed by atoms with van der Waals surface area (Å²) in [5.41, 5.74) is 0.596. The Morgan fingerprint density at radius 1 is 1.29 bits per heavy atom. The Morgan fingerprint density at radius 3 is 2.71 bits per heavy atom. The highest BCUT2D eigenvalue weighted by Crippen LogP contribution is 2.24. The molecule has 0 spiro atoms. The molecule has 1 heterocycles. The predicted molar refractivity (Wildman–Crippen MR) is 96.7 cm³/mol. The molecular weight excluding hydrogens is 349 g/mol. The molecule has 1 aromatic carbocycles. The van der Waals surface area contributed by atoms with E-state index in [2.05, 4.69) is 12.2 Å². The van der Waals surface area contributed by atoms with Crippen molar-refractivity contribution in [1.82, 2.24) is 4.90 Å². The van der Waals surface area contributed by atoms with Crippen LogP contribution in [-0.4, -0.2) is 49.9 Å². The Balaban J connectivity index is 1.80. The van der Waals surface area contributed by atoms with Crippen molar-refractivity contribution in [1.29, 1.82) is 0 Å². The lowest BCUT2D eigenvalue weighted by atomic mass is 10.0. The Morgan fingerprint density at radius 2 is 2.04 bits per heavy atom. The average Bonchev–Trinajstić information content (AvgIpc) is 2.50. The number of hydrogen-bond acceptors (Lipinski definition) is 2. The van der Waals surface area contributed by atoms with Gasteiger partial charge in [-0.25, -0.2) is 0 Å². The number of amides is 2. The third kappa shape index (κ3) is 5.65. The normalized spacial score (nSPS) is 19.0. The standard InChI is InChI=1S/C17H23Cl2N3O2/c1-12-4-3-7-22(9-12)17(24)11-21(2)10-16(23)20-13-5-6-14(18)15(19)8-13/h5-6,8,12H,3-4,7,9-11H2,1-2H3,(H,20,23)/p+1/t12-/m1/s1. The first-order chi connectivity index (χ1) is 11.3. The number of quaternary nitrogens is 1. The molecule has 0 bridgehead atoms. The maximum atomic E-state index is 12.3. The van der Waals surface area contributed by atoms with E-state index < -0.39 is 0 Å². The number of hydrogen-bond donors (Lipinski definition) is 2. The maximum absolute atomic E-state index is 12.3. The zero-order valence-electron chi connectivity index (χ0n) is 14.1. The number of carbonyl (C=O) groups is 2. The van der Waals surface area contributed by atoms with Crippen molar-refractivity contribution in [3.05, 3.63) is 28.2 Å². The minimum atomic E-state index is -0.161. The molecular formula is C17H24Cl2N3O2+. The van der Waals surface area contributed by atoms with Crippen molar-refractivity contribution in [2.24, 2.45) is 5.92 Å². The van der Waals surface area contributed by atoms with Crippen LogP contribution < -0.4 is 10.2 Å². The van der Waals surface area contributed by atoms with Crippen molar-refractivity contribution in [2.45, 2.75) is 19.8 Å². The SMILES string of the molecule is C[C@@H]1CCCN(C(=O)C[NH+](C)CC(=O)Nc2ccc(Cl)c(Cl)c2)C1. The van der Waals surface area contributed by atoms with E-state index in [1.54, 1.807) is 18.2 Å². The summed E-state index contributed by atoms with van der Waals surface area (Å²) < 4.78 is 0. The molecule has 1 aliphatic heterocycles. The molecule has 2 amide bonds. The molecule has 24 heavy (non-hydrogen) atoms. The van der Waals surface area contributed by atoms with Gasteiger partial charge in [0.25, 0.3) is 11.8 Å². The average molecular weight is 373 g/mol. The topological polar surface area (TPSA) is 53.9 Å². The molecule has 0 aromatic heterocycles. The molecule has 2 rings (SSSR count). The Hall–Kier alpha value is -1.30. The quantitative estimate of drug-likeness (QED) is 0.826. The molecule has 0 saturated carbocycles. The number of anilines is 1. The van der Waals surface area contributed by atoms with Crippen molar-refractivity contribution >= 4 is 40.7 Å². The number of nitrogens with zero attached hydrogens (tertiary/aromatic N) is 1. The smallest absolute Gasteiger partial charge is 0.279 e. The van der Waals surface area contributed by atoms with Gasteiger partial charge in [-0.3, -0.25) is 9.59 Å². The molecule has 1 aromatic rings. The lowest BCUT2D eigenvalue weighted by Crippen LogP contribution is -3.11. The summed E-state index contributed by atoms with van der Waals surface area (Å²) >= 11 is 11.8. The van der Waals surface area contributed by atoms with Crippen LogP contribution in [0.2, 0.25) is 10.0 Å². The van der Waals surface area contributed by atoms with E-state index in [0.717, 1.165) is 24.4 Å². The van der Waals surface area contributed by atoms with Crippen LogP contribution in [0.3, 0.4) is 0 Å². The van der Waals surface area contributed by atoms with Gasteiger partial charge in [0.2, 0.25) is 0 Å². The molecule has 0 radical (unpaired) electrons. The first-order valence-corrected chi connectivity index (χ1v) is 8.94. The minimum Gasteiger partial charge on any atom is -0.338 e. The van der Waals surface area contributed by atoms with Gasteiger partial charge in [0.1, 0.15) is 0 Å². The van der Waals surface area contributed by atoms with E-state index in [1.807, 2.05) is 11.9 Å². The fourth-order valence-corrected chi connectivity index (χ4v) is 3.20. The zero-order valence-corrected chi connectivity index (χ0v) is 15.6. The highest BCUT2D eigenvalue weighted by molar-refractivity contribution is 6.42. The molecule has 1 saturated heterocycles. The number of likely N-dealkylation sites (N-methyl/N-ethyl adjacent to an activating group) is 1. The first-order valence-electron chi connectivity index (χ1n) is 8.19. The summed E-state index contributed by atoms with van der Waals surface area (Å²) in [6.07, 6.45) is 2.24. The predicted octanol–water partition coefficient (Wildman–Crippen LogP) is 1.71. The van der Waals surface area contributed by atoms with Gasteiger partial charge in [-0.15, -0.1) is 0 Å². The second kappa shape index (κ2) is 8.70. The van der Waals surface area contributed by atoms with Gasteiger partial charge in [-0.05, 0) is 37.0 Å². The molecule has 2 atom stereocenters. The fourth-order valence-electron chi connectivity index (χ4n) is 2.90. The molecule has 132 valence electrons. The largest absolute Gasteiger partial charge is 0.338 e. The summed E-state index contributed by atoms with van der Waals surface area (Å²) in [7, 11) is 1.85. The Kier molecular flexibility index (Phi) is 6.90. The zero-order chi connectivity index (χ0) is 17.7. The monoisotopic (exact) mass is 372 g/mol. The number of rotatable bonds is 5. The Bertz CT molecular complexity index is 609. The minimum absolute atomic E-state index is 0.112. The van der Waals surface area contributed by atoms with Gasteiger partial charge in [0, 0.05) is 18.8 Å². The summed E-state index contributed by atoms with van der Waals surface area (Å²) in [6, 6.07) is 4.94. The van der Waals surface area contributed by atoms with Crippen LogP contribution >= 0.6 is 23.2 Å². The van der Waals surface area contributed by atoms with Crippen molar-refractivity contribution in [2.75, 3.05) is 38.5 Å². The van der Waals surface area contributed by atoms with Crippen LogP contribution in [0.5, 0.6) is 0 Å². The van der Waals surface area contributed by atoms with Crippen LogP contribution in [0, 0.1) is 5.92 Å². The first kappa shape index (κ1) is 19.0. The number of nitrogens with one attached hydrogen (secondary N) is 2. The number of piperidine rings is 1. The van der Waals surface area contributed by atoms with Crippen molar-refractivity contribution in [3.8, 4) is 0 Å². The molecule has 1 aliphatic rings. The lowest BCUT2D eigenvalue weighted by Gasteiger charge is -2.31. The number of halogens is 2. The number of carbonyl (C=O) groups excluding carboxylic acids is 2. The molecule has 0 aliphatic carbocycles. The molecule has 5 nitrogen and oxygen atoms in total. The van der Waals surface area contributed by atoms with E-state index in [9.17, 15) is 9.59 Å². The molecule has 1 fully saturated rings. The van der Waals surface area contributed by atoms with Gasteiger partial charge in [-0.2, -0.15) is 0 Å². The van der Waals surface area contributed by atoms with E-state index in [0.29, 0.717) is 28.2 Å². The molecule has 2 N–H and O–H groups in total. The van der Waals surface area contributed by atoms with Crippen LogP contribution in [0.4, 0.5) is 5.69 Å². The van der Waals surface area contributed by atoms with Crippen LogP contribution in [0.25, 0.3) is 0 Å². The van der Waals surface area contributed by atoms with Gasteiger partial charge >= 0.3 is 0 Å². The van der Waals surface area contributed by atoms with E-state index >= 15 is 0 Å². The second-order valence-corrected chi connectivity index (χ2v) is 7.39. The van der Waals surface area contributed by atoms with Crippen molar-refractivity contribution in [3.63, 3.8) is 0 Å². The lowest BCUT2D eigenvalue weighted by molar-refractivity contribution is -0.862. The molecule has 7 heteroatoms. The third-order valence-corrected chi connectivity index (χ3v) is 4.87. The van der Waals surface area contributed by atoms with Gasteiger partial charge in [0.05, 0.1) is 17.1 Å². The van der Waals surface area contributed by atoms with E-state index in [-0.39, 0.29) is 18.4 Å². The summed E-state index contributed by atoms with van der Waals surface area (Å²) in [4.78, 5) is 27.2. The summed E-state index contributed by atoms with van der Waals surface area (Å²) in [5.74, 6) is 0.507. The summed E-state index contributed by atoms with van der Waals surface area (Å²) in [5, 5.41) is 3.61. The third-order valence-electron chi connectivity index (χ3n) is 4.13. The van der Waals surface area contributed by atoms with Crippen LogP contribution in [0.15, 0.2) is 18.2 Å².